The van der Waals surface area contributed by atoms with E-state index in [0.717, 1.165) is 39.0 Å². The molecule has 0 atom stereocenters. The lowest BCUT2D eigenvalue weighted by molar-refractivity contribution is 0.570. The first-order valence-corrected chi connectivity index (χ1v) is 16.4. The largest absolute Gasteiger partial charge is 0.422 e. The standard InChI is InChI=1S/C43H27NO2S/c45-43-37-14-8-7-13-35(37)36-22-17-31(25-40(36)46-43)30-15-20-34(21-16-30)44-38-23-18-32(28-9-3-1-4-10-28)26-41(38)47-42-27-33(19-24-39(42)44)29-11-5-2-6-12-29/h1-27H. The molecule has 1 aromatic heterocycles. The van der Waals surface area contributed by atoms with Crippen LogP contribution >= 0.6 is 11.8 Å². The molecule has 0 amide bonds. The molecule has 3 nitrogen and oxygen atoms in total. The third-order valence-electron chi connectivity index (χ3n) is 8.92. The summed E-state index contributed by atoms with van der Waals surface area (Å²) in [5, 5.41) is 2.44. The molecule has 0 saturated heterocycles. The molecule has 0 unspecified atom stereocenters. The van der Waals surface area contributed by atoms with E-state index in [1.165, 1.54) is 32.0 Å². The first-order valence-electron chi connectivity index (χ1n) is 15.6. The van der Waals surface area contributed by atoms with Gasteiger partial charge in [0.25, 0.3) is 0 Å². The van der Waals surface area contributed by atoms with E-state index in [0.29, 0.717) is 11.0 Å². The average molecular weight is 622 g/mol. The van der Waals surface area contributed by atoms with Gasteiger partial charge in [0.1, 0.15) is 5.58 Å². The molecule has 0 bridgehead atoms. The lowest BCUT2D eigenvalue weighted by Gasteiger charge is -2.33. The minimum absolute atomic E-state index is 0.313. The maximum absolute atomic E-state index is 12.7. The third kappa shape index (κ3) is 4.82. The van der Waals surface area contributed by atoms with Crippen LogP contribution in [0.4, 0.5) is 17.1 Å². The number of fused-ring (bicyclic) bond motifs is 5. The second kappa shape index (κ2) is 11.2. The van der Waals surface area contributed by atoms with Crippen LogP contribution in [0.1, 0.15) is 0 Å². The Morgan fingerprint density at radius 1 is 0.426 bits per heavy atom. The number of anilines is 3. The van der Waals surface area contributed by atoms with Crippen LogP contribution in [-0.4, -0.2) is 0 Å². The number of nitrogens with zero attached hydrogens (tertiary/aromatic N) is 1. The average Bonchev–Trinajstić information content (AvgIpc) is 3.14. The Bertz CT molecular complexity index is 2420. The van der Waals surface area contributed by atoms with Crippen LogP contribution in [-0.2, 0) is 0 Å². The van der Waals surface area contributed by atoms with Crippen molar-refractivity contribution in [3.63, 3.8) is 0 Å². The summed E-state index contributed by atoms with van der Waals surface area (Å²) in [6.45, 7) is 0. The Morgan fingerprint density at radius 3 is 1.53 bits per heavy atom. The highest BCUT2D eigenvalue weighted by Crippen LogP contribution is 2.53. The molecule has 0 fully saturated rings. The summed E-state index contributed by atoms with van der Waals surface area (Å²) in [4.78, 5) is 17.5. The molecule has 0 N–H and O–H groups in total. The van der Waals surface area contributed by atoms with Crippen LogP contribution < -0.4 is 10.5 Å². The molecule has 8 aromatic rings. The lowest BCUT2D eigenvalue weighted by Crippen LogP contribution is -2.15. The SMILES string of the molecule is O=c1oc2cc(-c3ccc(N4c5ccc(-c6ccccc6)cc5Sc5cc(-c6ccccc6)ccc54)cc3)ccc2c2ccccc12. The van der Waals surface area contributed by atoms with Gasteiger partial charge in [0.2, 0.25) is 0 Å². The maximum atomic E-state index is 12.7. The second-order valence-electron chi connectivity index (χ2n) is 11.7. The molecule has 0 saturated carbocycles. The van der Waals surface area contributed by atoms with Crippen molar-refractivity contribution in [1.82, 2.24) is 0 Å². The minimum atomic E-state index is -0.313. The van der Waals surface area contributed by atoms with Gasteiger partial charge >= 0.3 is 5.63 Å². The molecule has 1 aliphatic rings. The Hall–Kier alpha value is -5.84. The molecular weight excluding hydrogens is 595 g/mol. The van der Waals surface area contributed by atoms with Gasteiger partial charge < -0.3 is 9.32 Å². The van der Waals surface area contributed by atoms with E-state index in [2.05, 4.69) is 132 Å². The van der Waals surface area contributed by atoms with Crippen molar-refractivity contribution in [3.05, 3.63) is 174 Å². The second-order valence-corrected chi connectivity index (χ2v) is 12.8. The van der Waals surface area contributed by atoms with Gasteiger partial charge in [-0.3, -0.25) is 0 Å². The highest BCUT2D eigenvalue weighted by atomic mass is 32.2. The third-order valence-corrected chi connectivity index (χ3v) is 10.0. The van der Waals surface area contributed by atoms with Crippen LogP contribution in [0.25, 0.3) is 55.1 Å². The number of hydrogen-bond acceptors (Lipinski definition) is 4. The summed E-state index contributed by atoms with van der Waals surface area (Å²) >= 11 is 1.82. The first kappa shape index (κ1) is 27.5. The lowest BCUT2D eigenvalue weighted by atomic mass is 10.0. The van der Waals surface area contributed by atoms with Gasteiger partial charge in [0, 0.05) is 20.9 Å². The Balaban J connectivity index is 1.14. The van der Waals surface area contributed by atoms with Crippen LogP contribution in [0.2, 0.25) is 0 Å². The Morgan fingerprint density at radius 2 is 0.915 bits per heavy atom. The molecule has 222 valence electrons. The number of benzene rings is 7. The molecule has 1 aliphatic heterocycles. The van der Waals surface area contributed by atoms with Crippen LogP contribution in [0, 0.1) is 0 Å². The minimum Gasteiger partial charge on any atom is -0.422 e. The predicted molar refractivity (Wildman–Crippen MR) is 195 cm³/mol. The molecule has 0 radical (unpaired) electrons. The first-order chi connectivity index (χ1) is 23.2. The quantitative estimate of drug-likeness (QED) is 0.145. The van der Waals surface area contributed by atoms with Crippen molar-refractivity contribution < 1.29 is 4.42 Å². The Kier molecular flexibility index (Phi) is 6.54. The highest BCUT2D eigenvalue weighted by molar-refractivity contribution is 7.99. The zero-order chi connectivity index (χ0) is 31.3. The van der Waals surface area contributed by atoms with E-state index in [9.17, 15) is 4.79 Å². The molecule has 0 aliphatic carbocycles. The van der Waals surface area contributed by atoms with Crippen molar-refractivity contribution in [2.75, 3.05) is 4.90 Å². The molecule has 4 heteroatoms. The summed E-state index contributed by atoms with van der Waals surface area (Å²) in [6.07, 6.45) is 0. The van der Waals surface area contributed by atoms with E-state index in [1.807, 2.05) is 48.2 Å². The predicted octanol–water partition coefficient (Wildman–Crippen LogP) is 11.9. The summed E-state index contributed by atoms with van der Waals surface area (Å²) < 4.78 is 5.75. The van der Waals surface area contributed by atoms with E-state index < -0.39 is 0 Å². The molecule has 0 spiro atoms. The summed E-state index contributed by atoms with van der Waals surface area (Å²) in [7, 11) is 0. The Labute approximate surface area is 276 Å². The van der Waals surface area contributed by atoms with Gasteiger partial charge in [-0.15, -0.1) is 0 Å². The van der Waals surface area contributed by atoms with Crippen LogP contribution in [0.15, 0.2) is 183 Å². The highest BCUT2D eigenvalue weighted by Gasteiger charge is 2.26. The van der Waals surface area contributed by atoms with Gasteiger partial charge in [-0.25, -0.2) is 4.79 Å². The smallest absolute Gasteiger partial charge is 0.344 e. The molecular formula is C43H27NO2S. The monoisotopic (exact) mass is 621 g/mol. The van der Waals surface area contributed by atoms with Crippen LogP contribution in [0.5, 0.6) is 0 Å². The zero-order valence-corrected chi connectivity index (χ0v) is 26.1. The van der Waals surface area contributed by atoms with Crippen molar-refractivity contribution in [1.29, 1.82) is 0 Å². The van der Waals surface area contributed by atoms with Gasteiger partial charge in [-0.05, 0) is 93.4 Å². The topological polar surface area (TPSA) is 33.5 Å². The molecule has 2 heterocycles. The van der Waals surface area contributed by atoms with Gasteiger partial charge in [0.15, 0.2) is 0 Å². The zero-order valence-electron chi connectivity index (χ0n) is 25.3. The summed E-state index contributed by atoms with van der Waals surface area (Å²) in [5.74, 6) is 0. The van der Waals surface area contributed by atoms with Crippen molar-refractivity contribution >= 4 is 50.6 Å². The van der Waals surface area contributed by atoms with Crippen molar-refractivity contribution in [3.8, 4) is 33.4 Å². The molecule has 47 heavy (non-hydrogen) atoms. The van der Waals surface area contributed by atoms with E-state index in [1.54, 1.807) is 0 Å². The van der Waals surface area contributed by atoms with Crippen molar-refractivity contribution in [2.45, 2.75) is 9.79 Å². The normalized spacial score (nSPS) is 12.2. The fraction of sp³-hybridized carbons (Fsp3) is 0. The van der Waals surface area contributed by atoms with Gasteiger partial charge in [-0.2, -0.15) is 0 Å². The van der Waals surface area contributed by atoms with E-state index in [4.69, 9.17) is 4.42 Å². The maximum Gasteiger partial charge on any atom is 0.344 e. The fourth-order valence-electron chi connectivity index (χ4n) is 6.57. The van der Waals surface area contributed by atoms with E-state index in [-0.39, 0.29) is 5.63 Å². The van der Waals surface area contributed by atoms with Gasteiger partial charge in [-0.1, -0.05) is 121 Å². The summed E-state index contributed by atoms with van der Waals surface area (Å²) in [5.41, 5.74) is 10.5. The number of hydrogen-bond donors (Lipinski definition) is 0. The van der Waals surface area contributed by atoms with Gasteiger partial charge in [0.05, 0.1) is 16.8 Å². The fourth-order valence-corrected chi connectivity index (χ4v) is 7.71. The number of rotatable bonds is 4. The molecule has 9 rings (SSSR count). The van der Waals surface area contributed by atoms with E-state index >= 15 is 0 Å². The molecule has 7 aromatic carbocycles. The van der Waals surface area contributed by atoms with Crippen molar-refractivity contribution in [2.24, 2.45) is 0 Å². The summed E-state index contributed by atoms with van der Waals surface area (Å²) in [6, 6.07) is 57.0. The van der Waals surface area contributed by atoms with Crippen LogP contribution in [0.3, 0.4) is 0 Å².